The summed E-state index contributed by atoms with van der Waals surface area (Å²) in [6.07, 6.45) is 0. The van der Waals surface area contributed by atoms with Gasteiger partial charge in [0.2, 0.25) is 0 Å². The molecule has 0 aliphatic rings. The van der Waals surface area contributed by atoms with Gasteiger partial charge in [0.05, 0.1) is 0 Å². The maximum absolute atomic E-state index is 13.5. The Morgan fingerprint density at radius 3 is 2.64 bits per heavy atom. The van der Waals surface area contributed by atoms with Crippen LogP contribution >= 0.6 is 0 Å². The van der Waals surface area contributed by atoms with Gasteiger partial charge in [0.25, 0.3) is 5.91 Å². The van der Waals surface area contributed by atoms with E-state index in [1.165, 1.54) is 6.07 Å². The first-order valence-corrected chi connectivity index (χ1v) is 7.16. The molecule has 0 heterocycles. The molecular weight excluding hydrogens is 277 g/mol. The van der Waals surface area contributed by atoms with Gasteiger partial charge in [-0.1, -0.05) is 48.5 Å². The fourth-order valence-corrected chi connectivity index (χ4v) is 2.45. The van der Waals surface area contributed by atoms with Gasteiger partial charge in [-0.05, 0) is 41.0 Å². The Balaban J connectivity index is 1.80. The highest BCUT2D eigenvalue weighted by Gasteiger charge is 2.09. The lowest BCUT2D eigenvalue weighted by Crippen LogP contribution is -2.23. The molecule has 0 bridgehead atoms. The van der Waals surface area contributed by atoms with Gasteiger partial charge in [-0.2, -0.15) is 0 Å². The molecule has 3 heteroatoms. The van der Waals surface area contributed by atoms with Crippen molar-refractivity contribution < 1.29 is 9.18 Å². The fourth-order valence-electron chi connectivity index (χ4n) is 2.45. The van der Waals surface area contributed by atoms with E-state index in [1.54, 1.807) is 19.1 Å². The van der Waals surface area contributed by atoms with Crippen molar-refractivity contribution in [2.75, 3.05) is 0 Å². The summed E-state index contributed by atoms with van der Waals surface area (Å²) in [6.45, 7) is 2.02. The van der Waals surface area contributed by atoms with E-state index in [0.29, 0.717) is 17.7 Å². The van der Waals surface area contributed by atoms with E-state index in [2.05, 4.69) is 5.32 Å². The van der Waals surface area contributed by atoms with Crippen LogP contribution in [0, 0.1) is 12.7 Å². The van der Waals surface area contributed by atoms with Crippen LogP contribution in [0.1, 0.15) is 21.5 Å². The van der Waals surface area contributed by atoms with Crippen LogP contribution < -0.4 is 5.32 Å². The summed E-state index contributed by atoms with van der Waals surface area (Å²) in [7, 11) is 0. The zero-order valence-electron chi connectivity index (χ0n) is 12.3. The predicted octanol–water partition coefficient (Wildman–Crippen LogP) is 4.22. The lowest BCUT2D eigenvalue weighted by Gasteiger charge is -2.09. The van der Waals surface area contributed by atoms with Crippen LogP contribution in [0.2, 0.25) is 0 Å². The highest BCUT2D eigenvalue weighted by atomic mass is 19.1. The molecule has 0 aromatic heterocycles. The normalized spacial score (nSPS) is 10.6. The molecule has 3 aromatic carbocycles. The SMILES string of the molecule is Cc1ccc(CNC(=O)c2cccc3ccccc23)cc1F. The van der Waals surface area contributed by atoms with E-state index < -0.39 is 0 Å². The number of fused-ring (bicyclic) bond motifs is 1. The molecule has 0 aliphatic carbocycles. The predicted molar refractivity (Wildman–Crippen MR) is 86.3 cm³/mol. The minimum atomic E-state index is -0.253. The van der Waals surface area contributed by atoms with Crippen molar-refractivity contribution in [3.63, 3.8) is 0 Å². The van der Waals surface area contributed by atoms with Gasteiger partial charge in [0.15, 0.2) is 0 Å². The number of benzene rings is 3. The molecular formula is C19H16FNO. The number of nitrogens with one attached hydrogen (secondary N) is 1. The monoisotopic (exact) mass is 293 g/mol. The maximum Gasteiger partial charge on any atom is 0.252 e. The van der Waals surface area contributed by atoms with Gasteiger partial charge in [0.1, 0.15) is 5.82 Å². The number of hydrogen-bond donors (Lipinski definition) is 1. The summed E-state index contributed by atoms with van der Waals surface area (Å²) >= 11 is 0. The molecule has 0 unspecified atom stereocenters. The van der Waals surface area contributed by atoms with Crippen molar-refractivity contribution in [2.24, 2.45) is 0 Å². The van der Waals surface area contributed by atoms with Crippen LogP contribution in [-0.4, -0.2) is 5.91 Å². The van der Waals surface area contributed by atoms with Crippen LogP contribution in [0.25, 0.3) is 10.8 Å². The van der Waals surface area contributed by atoms with Crippen LogP contribution in [0.15, 0.2) is 60.7 Å². The van der Waals surface area contributed by atoms with E-state index in [9.17, 15) is 9.18 Å². The molecule has 2 nitrogen and oxygen atoms in total. The Bertz CT molecular complexity index is 836. The van der Waals surface area contributed by atoms with E-state index in [1.807, 2.05) is 42.5 Å². The molecule has 0 spiro atoms. The molecule has 0 saturated heterocycles. The molecule has 0 atom stereocenters. The number of halogens is 1. The van der Waals surface area contributed by atoms with E-state index in [-0.39, 0.29) is 11.7 Å². The van der Waals surface area contributed by atoms with Crippen LogP contribution in [0.4, 0.5) is 4.39 Å². The maximum atomic E-state index is 13.5. The second kappa shape index (κ2) is 5.98. The molecule has 1 amide bonds. The highest BCUT2D eigenvalue weighted by Crippen LogP contribution is 2.18. The summed E-state index contributed by atoms with van der Waals surface area (Å²) in [5.41, 5.74) is 1.98. The second-order valence-electron chi connectivity index (χ2n) is 5.29. The Labute approximate surface area is 128 Å². The fraction of sp³-hybridized carbons (Fsp3) is 0.105. The van der Waals surface area contributed by atoms with Crippen LogP contribution in [0.3, 0.4) is 0 Å². The third-order valence-corrected chi connectivity index (χ3v) is 3.72. The van der Waals surface area contributed by atoms with Gasteiger partial charge in [-0.15, -0.1) is 0 Å². The standard InChI is InChI=1S/C19H16FNO/c1-13-9-10-14(11-18(13)20)12-21-19(22)17-8-4-6-15-5-2-3-7-16(15)17/h2-11H,12H2,1H3,(H,21,22). The van der Waals surface area contributed by atoms with Crippen molar-refractivity contribution in [3.05, 3.63) is 83.2 Å². The first-order valence-electron chi connectivity index (χ1n) is 7.16. The van der Waals surface area contributed by atoms with E-state index in [0.717, 1.165) is 16.3 Å². The molecule has 110 valence electrons. The number of amides is 1. The second-order valence-corrected chi connectivity index (χ2v) is 5.29. The first kappa shape index (κ1) is 14.3. The van der Waals surface area contributed by atoms with E-state index in [4.69, 9.17) is 0 Å². The summed E-state index contributed by atoms with van der Waals surface area (Å²) in [6, 6.07) is 18.4. The third kappa shape index (κ3) is 2.84. The minimum Gasteiger partial charge on any atom is -0.348 e. The minimum absolute atomic E-state index is 0.155. The van der Waals surface area contributed by atoms with Crippen molar-refractivity contribution in [3.8, 4) is 0 Å². The van der Waals surface area contributed by atoms with Gasteiger partial charge in [-0.25, -0.2) is 4.39 Å². The number of aryl methyl sites for hydroxylation is 1. The van der Waals surface area contributed by atoms with Crippen molar-refractivity contribution in [1.29, 1.82) is 0 Å². The average Bonchev–Trinajstić information content (AvgIpc) is 2.55. The third-order valence-electron chi connectivity index (χ3n) is 3.72. The Hall–Kier alpha value is -2.68. The summed E-state index contributed by atoms with van der Waals surface area (Å²) in [5, 5.41) is 4.79. The number of hydrogen-bond acceptors (Lipinski definition) is 1. The molecule has 0 aliphatic heterocycles. The van der Waals surface area contributed by atoms with E-state index >= 15 is 0 Å². The Morgan fingerprint density at radius 2 is 1.82 bits per heavy atom. The van der Waals surface area contributed by atoms with Gasteiger partial charge in [-0.3, -0.25) is 4.79 Å². The summed E-state index contributed by atoms with van der Waals surface area (Å²) in [4.78, 5) is 12.4. The molecule has 3 rings (SSSR count). The number of rotatable bonds is 3. The van der Waals surface area contributed by atoms with Crippen molar-refractivity contribution in [2.45, 2.75) is 13.5 Å². The average molecular weight is 293 g/mol. The van der Waals surface area contributed by atoms with Crippen LogP contribution in [0.5, 0.6) is 0 Å². The lowest BCUT2D eigenvalue weighted by atomic mass is 10.0. The van der Waals surface area contributed by atoms with Crippen LogP contribution in [-0.2, 0) is 6.54 Å². The Kier molecular flexibility index (Phi) is 3.88. The highest BCUT2D eigenvalue weighted by molar-refractivity contribution is 6.06. The molecule has 0 saturated carbocycles. The zero-order chi connectivity index (χ0) is 15.5. The topological polar surface area (TPSA) is 29.1 Å². The van der Waals surface area contributed by atoms with Gasteiger partial charge >= 0.3 is 0 Å². The van der Waals surface area contributed by atoms with Crippen molar-refractivity contribution >= 4 is 16.7 Å². The zero-order valence-corrected chi connectivity index (χ0v) is 12.3. The van der Waals surface area contributed by atoms with Gasteiger partial charge in [0, 0.05) is 12.1 Å². The summed E-state index contributed by atoms with van der Waals surface area (Å²) in [5.74, 6) is -0.408. The van der Waals surface area contributed by atoms with Crippen molar-refractivity contribution in [1.82, 2.24) is 5.32 Å². The number of carbonyl (C=O) groups is 1. The lowest BCUT2D eigenvalue weighted by molar-refractivity contribution is 0.0952. The molecule has 0 fully saturated rings. The molecule has 1 N–H and O–H groups in total. The number of carbonyl (C=O) groups excluding carboxylic acids is 1. The molecule has 3 aromatic rings. The summed E-state index contributed by atoms with van der Waals surface area (Å²) < 4.78 is 13.5. The smallest absolute Gasteiger partial charge is 0.252 e. The largest absolute Gasteiger partial charge is 0.348 e. The first-order chi connectivity index (χ1) is 10.6. The Morgan fingerprint density at radius 1 is 1.05 bits per heavy atom. The van der Waals surface area contributed by atoms with Gasteiger partial charge < -0.3 is 5.32 Å². The molecule has 0 radical (unpaired) electrons. The molecule has 22 heavy (non-hydrogen) atoms. The quantitative estimate of drug-likeness (QED) is 0.769.